The number of nitrogens with zero attached hydrogens (tertiary/aromatic N) is 2. The van der Waals surface area contributed by atoms with Crippen molar-refractivity contribution < 1.29 is 14.3 Å². The van der Waals surface area contributed by atoms with Crippen LogP contribution in [0.2, 0.25) is 0 Å². The van der Waals surface area contributed by atoms with Crippen molar-refractivity contribution in [3.63, 3.8) is 0 Å². The van der Waals surface area contributed by atoms with Gasteiger partial charge in [0, 0.05) is 37.9 Å². The maximum Gasteiger partial charge on any atom is 0.271 e. The Balaban J connectivity index is 1.19. The molecule has 0 spiro atoms. The zero-order valence-electron chi connectivity index (χ0n) is 24.7. The van der Waals surface area contributed by atoms with Crippen LogP contribution in [0.1, 0.15) is 32.6 Å². The molecule has 1 aromatic heterocycles. The smallest absolute Gasteiger partial charge is 0.271 e. The summed E-state index contributed by atoms with van der Waals surface area (Å²) in [5.41, 5.74) is 10.3. The quantitative estimate of drug-likeness (QED) is 0.0980. The summed E-state index contributed by atoms with van der Waals surface area (Å²) in [4.78, 5) is 30.1. The number of carbonyl (C=O) groups is 2. The second kappa shape index (κ2) is 14.6. The lowest BCUT2D eigenvalue weighted by Crippen LogP contribution is -2.21. The molecule has 5 rings (SSSR count). The van der Waals surface area contributed by atoms with Gasteiger partial charge in [-0.05, 0) is 90.3 Å². The summed E-state index contributed by atoms with van der Waals surface area (Å²) in [5.74, 6) is -0.257. The highest BCUT2D eigenvalue weighted by molar-refractivity contribution is 9.11. The van der Waals surface area contributed by atoms with Gasteiger partial charge in [0.05, 0.1) is 16.4 Å². The molecule has 0 atom stereocenters. The summed E-state index contributed by atoms with van der Waals surface area (Å²) in [6.45, 7) is 5.78. The summed E-state index contributed by atoms with van der Waals surface area (Å²) in [5, 5.41) is 13.1. The maximum absolute atomic E-state index is 12.8. The average molecular weight is 748 g/mol. The highest BCUT2D eigenvalue weighted by atomic mass is 79.9. The zero-order chi connectivity index (χ0) is 31.9. The third-order valence-corrected chi connectivity index (χ3v) is 8.69. The number of carbonyl (C=O) groups excluding carboxylic acids is 2. The Morgan fingerprint density at radius 3 is 2.49 bits per heavy atom. The van der Waals surface area contributed by atoms with Crippen molar-refractivity contribution in [2.24, 2.45) is 5.10 Å². The normalized spacial score (nSPS) is 11.0. The number of hydrogen-bond acceptors (Lipinski definition) is 7. The minimum absolute atomic E-state index is 0.213. The van der Waals surface area contributed by atoms with Crippen molar-refractivity contribution in [3.8, 4) is 17.0 Å². The van der Waals surface area contributed by atoms with E-state index in [9.17, 15) is 9.59 Å². The molecule has 0 radical (unpaired) electrons. The molecule has 3 N–H and O–H groups in total. The van der Waals surface area contributed by atoms with E-state index in [0.717, 1.165) is 43.4 Å². The average Bonchev–Trinajstić information content (AvgIpc) is 3.48. The SMILES string of the molecule is Cc1ccc(Nc2nc(-c3ccc(C(=O)N/N=C/c4cc(Br)cc(Br)c4OCC(=O)Nc4cccc(C)c4C)cc3)cs2)cc1. The molecule has 0 aliphatic heterocycles. The second-order valence-corrected chi connectivity index (χ2v) is 12.8. The lowest BCUT2D eigenvalue weighted by molar-refractivity contribution is -0.118. The molecule has 0 saturated carbocycles. The number of amides is 2. The lowest BCUT2D eigenvalue weighted by atomic mass is 10.1. The zero-order valence-corrected chi connectivity index (χ0v) is 28.6. The van der Waals surface area contributed by atoms with Gasteiger partial charge in [-0.2, -0.15) is 5.10 Å². The van der Waals surface area contributed by atoms with E-state index in [2.05, 4.69) is 58.0 Å². The molecule has 11 heteroatoms. The van der Waals surface area contributed by atoms with Gasteiger partial charge in [-0.15, -0.1) is 11.3 Å². The van der Waals surface area contributed by atoms with Crippen LogP contribution >= 0.6 is 43.2 Å². The first-order valence-corrected chi connectivity index (χ1v) is 16.3. The van der Waals surface area contributed by atoms with Crippen LogP contribution in [0.3, 0.4) is 0 Å². The second-order valence-electron chi connectivity index (χ2n) is 10.2. The first kappa shape index (κ1) is 32.1. The Kier molecular flexibility index (Phi) is 10.4. The van der Waals surface area contributed by atoms with Crippen molar-refractivity contribution in [3.05, 3.63) is 121 Å². The highest BCUT2D eigenvalue weighted by Crippen LogP contribution is 2.32. The molecule has 0 aliphatic rings. The van der Waals surface area contributed by atoms with E-state index in [1.807, 2.05) is 80.7 Å². The molecule has 0 saturated heterocycles. The van der Waals surface area contributed by atoms with Crippen LogP contribution in [-0.2, 0) is 4.79 Å². The predicted octanol–water partition coefficient (Wildman–Crippen LogP) is 8.79. The summed E-state index contributed by atoms with van der Waals surface area (Å²) in [6, 6.07) is 24.6. The topological polar surface area (TPSA) is 105 Å². The molecule has 8 nitrogen and oxygen atoms in total. The number of halogens is 2. The predicted molar refractivity (Wildman–Crippen MR) is 189 cm³/mol. The maximum atomic E-state index is 12.8. The molecule has 228 valence electrons. The minimum atomic E-state index is -0.373. The van der Waals surface area contributed by atoms with Gasteiger partial charge in [0.15, 0.2) is 11.7 Å². The van der Waals surface area contributed by atoms with Crippen LogP contribution in [0.15, 0.2) is 98.3 Å². The molecule has 45 heavy (non-hydrogen) atoms. The van der Waals surface area contributed by atoms with E-state index >= 15 is 0 Å². The van der Waals surface area contributed by atoms with E-state index < -0.39 is 0 Å². The van der Waals surface area contributed by atoms with Gasteiger partial charge >= 0.3 is 0 Å². The summed E-state index contributed by atoms with van der Waals surface area (Å²) < 4.78 is 7.26. The number of aromatic nitrogens is 1. The molecule has 0 bridgehead atoms. The van der Waals surface area contributed by atoms with Gasteiger partial charge in [0.25, 0.3) is 11.8 Å². The van der Waals surface area contributed by atoms with Crippen LogP contribution in [-0.4, -0.2) is 29.6 Å². The summed E-state index contributed by atoms with van der Waals surface area (Å²) >= 11 is 8.48. The Hall–Kier alpha value is -4.32. The molecule has 0 unspecified atom stereocenters. The monoisotopic (exact) mass is 745 g/mol. The van der Waals surface area contributed by atoms with Gasteiger partial charge in [-0.3, -0.25) is 9.59 Å². The van der Waals surface area contributed by atoms with Crippen LogP contribution < -0.4 is 20.8 Å². The highest BCUT2D eigenvalue weighted by Gasteiger charge is 2.14. The first-order valence-electron chi connectivity index (χ1n) is 13.9. The molecule has 4 aromatic carbocycles. The first-order chi connectivity index (χ1) is 21.7. The lowest BCUT2D eigenvalue weighted by Gasteiger charge is -2.13. The number of aryl methyl sites for hydroxylation is 2. The van der Waals surface area contributed by atoms with Crippen molar-refractivity contribution in [2.45, 2.75) is 20.8 Å². The number of rotatable bonds is 10. The van der Waals surface area contributed by atoms with Crippen LogP contribution in [0.25, 0.3) is 11.3 Å². The van der Waals surface area contributed by atoms with E-state index in [1.165, 1.54) is 23.1 Å². The molecule has 0 aliphatic carbocycles. The Morgan fingerprint density at radius 2 is 1.73 bits per heavy atom. The number of nitrogens with one attached hydrogen (secondary N) is 3. The van der Waals surface area contributed by atoms with E-state index in [-0.39, 0.29) is 18.4 Å². The fourth-order valence-corrected chi connectivity index (χ4v) is 6.39. The van der Waals surface area contributed by atoms with Crippen LogP contribution in [0, 0.1) is 20.8 Å². The van der Waals surface area contributed by atoms with Crippen LogP contribution in [0.4, 0.5) is 16.5 Å². The fourth-order valence-electron chi connectivity index (χ4n) is 4.28. The van der Waals surface area contributed by atoms with Crippen molar-refractivity contribution in [1.82, 2.24) is 10.4 Å². The number of thiazole rings is 1. The minimum Gasteiger partial charge on any atom is -0.482 e. The number of hydrogen-bond donors (Lipinski definition) is 3. The third kappa shape index (κ3) is 8.44. The van der Waals surface area contributed by atoms with E-state index in [4.69, 9.17) is 4.74 Å². The van der Waals surface area contributed by atoms with Gasteiger partial charge < -0.3 is 15.4 Å². The molecular weight excluding hydrogens is 718 g/mol. The molecule has 1 heterocycles. The molecule has 0 fully saturated rings. The van der Waals surface area contributed by atoms with Gasteiger partial charge in [-0.25, -0.2) is 10.4 Å². The number of anilines is 3. The largest absolute Gasteiger partial charge is 0.482 e. The van der Waals surface area contributed by atoms with Gasteiger partial charge in [0.1, 0.15) is 5.75 Å². The Morgan fingerprint density at radius 1 is 0.978 bits per heavy atom. The summed E-state index contributed by atoms with van der Waals surface area (Å²) in [6.07, 6.45) is 1.47. The van der Waals surface area contributed by atoms with Crippen molar-refractivity contribution in [2.75, 3.05) is 17.2 Å². The Labute approximate surface area is 282 Å². The van der Waals surface area contributed by atoms with Gasteiger partial charge in [0.2, 0.25) is 0 Å². The van der Waals surface area contributed by atoms with Crippen molar-refractivity contribution in [1.29, 1.82) is 0 Å². The van der Waals surface area contributed by atoms with E-state index in [1.54, 1.807) is 24.3 Å². The third-order valence-electron chi connectivity index (χ3n) is 6.88. The molecule has 2 amide bonds. The molecule has 5 aromatic rings. The number of benzene rings is 4. The van der Waals surface area contributed by atoms with E-state index in [0.29, 0.717) is 21.3 Å². The van der Waals surface area contributed by atoms with Gasteiger partial charge in [-0.1, -0.05) is 57.9 Å². The number of hydrazone groups is 1. The number of ether oxygens (including phenoxy) is 1. The standard InChI is InChI=1S/C34H29Br2N5O3S/c1-20-7-13-27(14-8-20)38-34-40-30(19-45-34)23-9-11-24(12-10-23)33(43)41-37-17-25-15-26(35)16-28(36)32(25)44-18-31(42)39-29-6-4-5-21(2)22(29)3/h4-17,19H,18H2,1-3H3,(H,38,40)(H,39,42)(H,41,43)/b37-17+. The fraction of sp³-hybridized carbons (Fsp3) is 0.118. The van der Waals surface area contributed by atoms with Crippen molar-refractivity contribution >= 4 is 77.7 Å². The molecular formula is C34H29Br2N5O3S. The summed E-state index contributed by atoms with van der Waals surface area (Å²) in [7, 11) is 0. The Bertz CT molecular complexity index is 1870. The van der Waals surface area contributed by atoms with Crippen LogP contribution in [0.5, 0.6) is 5.75 Å².